The molecule has 0 saturated carbocycles. The Morgan fingerprint density at radius 1 is 1.00 bits per heavy atom. The van der Waals surface area contributed by atoms with E-state index < -0.39 is 28.9 Å². The van der Waals surface area contributed by atoms with Crippen molar-refractivity contribution in [3.8, 4) is 0 Å². The minimum Gasteiger partial charge on any atom is -0.478 e. The van der Waals surface area contributed by atoms with Crippen molar-refractivity contribution in [2.45, 2.75) is 0 Å². The van der Waals surface area contributed by atoms with Crippen LogP contribution in [0.15, 0.2) is 30.3 Å². The third-order valence-corrected chi connectivity index (χ3v) is 2.43. The number of rotatable bonds is 2. The van der Waals surface area contributed by atoms with Crippen LogP contribution < -0.4 is 0 Å². The van der Waals surface area contributed by atoms with Crippen LogP contribution in [-0.4, -0.2) is 22.2 Å². The van der Waals surface area contributed by atoms with Crippen LogP contribution in [0.25, 0.3) is 10.8 Å². The summed E-state index contributed by atoms with van der Waals surface area (Å²) in [4.78, 5) is 21.9. The second-order valence-electron chi connectivity index (χ2n) is 3.44. The van der Waals surface area contributed by atoms with Gasteiger partial charge in [0, 0.05) is 0 Å². The maximum atomic E-state index is 13.5. The molecule has 4 nitrogen and oxygen atoms in total. The van der Waals surface area contributed by atoms with Crippen LogP contribution in [0.1, 0.15) is 20.7 Å². The van der Waals surface area contributed by atoms with Crippen molar-refractivity contribution in [2.24, 2.45) is 0 Å². The molecule has 17 heavy (non-hydrogen) atoms. The van der Waals surface area contributed by atoms with E-state index in [0.29, 0.717) is 5.39 Å². The quantitative estimate of drug-likeness (QED) is 0.836. The molecule has 0 amide bonds. The van der Waals surface area contributed by atoms with Gasteiger partial charge in [-0.1, -0.05) is 24.3 Å². The highest BCUT2D eigenvalue weighted by molar-refractivity contribution is 6.11. The first-order valence-electron chi connectivity index (χ1n) is 4.70. The van der Waals surface area contributed by atoms with Crippen LogP contribution >= 0.6 is 0 Å². The molecule has 0 radical (unpaired) electrons. The molecule has 0 aliphatic heterocycles. The summed E-state index contributed by atoms with van der Waals surface area (Å²) in [5.74, 6) is -4.10. The van der Waals surface area contributed by atoms with Crippen molar-refractivity contribution in [3.63, 3.8) is 0 Å². The van der Waals surface area contributed by atoms with E-state index in [1.807, 2.05) is 0 Å². The van der Waals surface area contributed by atoms with Gasteiger partial charge in [-0.3, -0.25) is 0 Å². The Kier molecular flexibility index (Phi) is 2.51. The van der Waals surface area contributed by atoms with Gasteiger partial charge in [0.15, 0.2) is 0 Å². The standard InChI is InChI=1S/C12H7FO4/c13-8-5-6-3-1-2-4-7(6)9(11(14)15)10(8)12(16)17/h1-5H,(H,14,15)(H,16,17). The molecule has 0 unspecified atom stereocenters. The Morgan fingerprint density at radius 2 is 1.59 bits per heavy atom. The fourth-order valence-electron chi connectivity index (χ4n) is 1.74. The zero-order valence-electron chi connectivity index (χ0n) is 8.48. The zero-order valence-corrected chi connectivity index (χ0v) is 8.48. The molecule has 0 aliphatic rings. The number of carbonyl (C=O) groups is 2. The SMILES string of the molecule is O=C(O)c1c(F)cc2ccccc2c1C(=O)O. The van der Waals surface area contributed by atoms with E-state index in [9.17, 15) is 14.0 Å². The molecule has 86 valence electrons. The molecular formula is C12H7FO4. The van der Waals surface area contributed by atoms with Crippen LogP contribution in [0.2, 0.25) is 0 Å². The van der Waals surface area contributed by atoms with E-state index in [4.69, 9.17) is 10.2 Å². The van der Waals surface area contributed by atoms with Gasteiger partial charge >= 0.3 is 11.9 Å². The minimum atomic E-state index is -1.59. The number of halogens is 1. The molecule has 0 spiro atoms. The number of hydrogen-bond acceptors (Lipinski definition) is 2. The molecule has 0 aliphatic carbocycles. The molecule has 0 heterocycles. The first-order valence-corrected chi connectivity index (χ1v) is 4.70. The Bertz CT molecular complexity index is 634. The summed E-state index contributed by atoms with van der Waals surface area (Å²) in [6.45, 7) is 0. The summed E-state index contributed by atoms with van der Waals surface area (Å²) in [7, 11) is 0. The summed E-state index contributed by atoms with van der Waals surface area (Å²) in [5, 5.41) is 18.4. The highest BCUT2D eigenvalue weighted by Crippen LogP contribution is 2.25. The molecule has 0 fully saturated rings. The summed E-state index contributed by atoms with van der Waals surface area (Å²) in [5.41, 5.74) is -1.33. The maximum Gasteiger partial charge on any atom is 0.339 e. The molecule has 2 N–H and O–H groups in total. The van der Waals surface area contributed by atoms with E-state index in [0.717, 1.165) is 6.07 Å². The van der Waals surface area contributed by atoms with E-state index in [1.165, 1.54) is 12.1 Å². The Morgan fingerprint density at radius 3 is 2.18 bits per heavy atom. The van der Waals surface area contributed by atoms with E-state index in [2.05, 4.69) is 0 Å². The Hall–Kier alpha value is -2.43. The normalized spacial score (nSPS) is 10.4. The molecule has 2 rings (SSSR count). The summed E-state index contributed by atoms with van der Waals surface area (Å²) in [6.07, 6.45) is 0. The van der Waals surface area contributed by atoms with Crippen molar-refractivity contribution >= 4 is 22.7 Å². The average Bonchev–Trinajstić information content (AvgIpc) is 2.26. The van der Waals surface area contributed by atoms with E-state index >= 15 is 0 Å². The molecule has 2 aromatic carbocycles. The third-order valence-electron chi connectivity index (χ3n) is 2.43. The first-order chi connectivity index (χ1) is 8.02. The van der Waals surface area contributed by atoms with Gasteiger partial charge in [0.25, 0.3) is 0 Å². The molecule has 0 aromatic heterocycles. The third kappa shape index (κ3) is 1.71. The average molecular weight is 234 g/mol. The van der Waals surface area contributed by atoms with Crippen molar-refractivity contribution in [1.82, 2.24) is 0 Å². The number of fused-ring (bicyclic) bond motifs is 1. The second kappa shape index (κ2) is 3.86. The molecular weight excluding hydrogens is 227 g/mol. The smallest absolute Gasteiger partial charge is 0.339 e. The van der Waals surface area contributed by atoms with Gasteiger partial charge in [0.05, 0.1) is 5.56 Å². The largest absolute Gasteiger partial charge is 0.478 e. The lowest BCUT2D eigenvalue weighted by Gasteiger charge is -2.07. The van der Waals surface area contributed by atoms with Gasteiger partial charge in [-0.05, 0) is 16.8 Å². The number of carboxylic acid groups (broad SMARTS) is 2. The zero-order chi connectivity index (χ0) is 12.6. The number of hydrogen-bond donors (Lipinski definition) is 2. The van der Waals surface area contributed by atoms with Gasteiger partial charge in [0.2, 0.25) is 0 Å². The highest BCUT2D eigenvalue weighted by atomic mass is 19.1. The summed E-state index contributed by atoms with van der Waals surface area (Å²) in [6, 6.07) is 7.18. The molecule has 0 bridgehead atoms. The fraction of sp³-hybridized carbons (Fsp3) is 0. The van der Waals surface area contributed by atoms with E-state index in [1.54, 1.807) is 12.1 Å². The summed E-state index contributed by atoms with van der Waals surface area (Å²) >= 11 is 0. The molecule has 2 aromatic rings. The number of aromatic carboxylic acids is 2. The number of carboxylic acids is 2. The number of benzene rings is 2. The molecule has 5 heteroatoms. The Balaban J connectivity index is 2.99. The van der Waals surface area contributed by atoms with Gasteiger partial charge in [-0.2, -0.15) is 0 Å². The van der Waals surface area contributed by atoms with Gasteiger partial charge < -0.3 is 10.2 Å². The maximum absolute atomic E-state index is 13.5. The van der Waals surface area contributed by atoms with Crippen molar-refractivity contribution in [3.05, 3.63) is 47.3 Å². The topological polar surface area (TPSA) is 74.6 Å². The van der Waals surface area contributed by atoms with Gasteiger partial charge in [-0.25, -0.2) is 14.0 Å². The lowest BCUT2D eigenvalue weighted by Crippen LogP contribution is -2.11. The van der Waals surface area contributed by atoms with Crippen LogP contribution in [0.4, 0.5) is 4.39 Å². The van der Waals surface area contributed by atoms with Crippen molar-refractivity contribution in [2.75, 3.05) is 0 Å². The van der Waals surface area contributed by atoms with Gasteiger partial charge in [0.1, 0.15) is 11.4 Å². The Labute approximate surface area is 94.9 Å². The molecule has 0 atom stereocenters. The molecule has 0 saturated heterocycles. The lowest BCUT2D eigenvalue weighted by atomic mass is 9.98. The fourth-order valence-corrected chi connectivity index (χ4v) is 1.74. The van der Waals surface area contributed by atoms with Crippen molar-refractivity contribution < 1.29 is 24.2 Å². The predicted molar refractivity (Wildman–Crippen MR) is 57.8 cm³/mol. The monoisotopic (exact) mass is 234 g/mol. The van der Waals surface area contributed by atoms with Crippen LogP contribution in [0.5, 0.6) is 0 Å². The van der Waals surface area contributed by atoms with Crippen molar-refractivity contribution in [1.29, 1.82) is 0 Å². The van der Waals surface area contributed by atoms with Crippen LogP contribution in [0.3, 0.4) is 0 Å². The summed E-state index contributed by atoms with van der Waals surface area (Å²) < 4.78 is 13.5. The highest BCUT2D eigenvalue weighted by Gasteiger charge is 2.23. The first kappa shape index (κ1) is 11.1. The second-order valence-corrected chi connectivity index (χ2v) is 3.44. The minimum absolute atomic E-state index is 0.207. The van der Waals surface area contributed by atoms with Gasteiger partial charge in [-0.15, -0.1) is 0 Å². The van der Waals surface area contributed by atoms with Crippen LogP contribution in [0, 0.1) is 5.82 Å². The van der Waals surface area contributed by atoms with E-state index in [-0.39, 0.29) is 5.39 Å². The van der Waals surface area contributed by atoms with Crippen LogP contribution in [-0.2, 0) is 0 Å². The lowest BCUT2D eigenvalue weighted by molar-refractivity contribution is 0.0649. The predicted octanol–water partition coefficient (Wildman–Crippen LogP) is 2.38.